The molecule has 0 aliphatic rings. The van der Waals surface area contributed by atoms with Crippen LogP contribution in [0.1, 0.15) is 21.5 Å². The van der Waals surface area contributed by atoms with Crippen LogP contribution in [0.2, 0.25) is 0 Å². The number of hydrogen-bond acceptors (Lipinski definition) is 6. The Bertz CT molecular complexity index is 809. The highest BCUT2D eigenvalue weighted by molar-refractivity contribution is 5.95. The molecule has 0 bridgehead atoms. The molecular weight excluding hydrogens is 362 g/mol. The molecule has 0 aliphatic carbocycles. The second-order valence-electron chi connectivity index (χ2n) is 6.05. The van der Waals surface area contributed by atoms with Crippen molar-refractivity contribution in [3.63, 3.8) is 0 Å². The van der Waals surface area contributed by atoms with Crippen molar-refractivity contribution in [3.8, 4) is 28.7 Å². The van der Waals surface area contributed by atoms with E-state index in [1.807, 2.05) is 19.1 Å². The average molecular weight is 389 g/mol. The van der Waals surface area contributed by atoms with Crippen LogP contribution in [0.4, 0.5) is 0 Å². The Morgan fingerprint density at radius 1 is 0.786 bits per heavy atom. The van der Waals surface area contributed by atoms with Crippen LogP contribution in [-0.2, 0) is 6.42 Å². The fourth-order valence-corrected chi connectivity index (χ4v) is 2.92. The number of amides is 1. The van der Waals surface area contributed by atoms with Crippen LogP contribution in [-0.4, -0.2) is 48.0 Å². The lowest BCUT2D eigenvalue weighted by atomic mass is 10.0. The summed E-state index contributed by atoms with van der Waals surface area (Å²) in [5, 5.41) is 2.92. The number of nitrogens with one attached hydrogen (secondary N) is 1. The van der Waals surface area contributed by atoms with Crippen LogP contribution in [0.3, 0.4) is 0 Å². The van der Waals surface area contributed by atoms with Gasteiger partial charge in [-0.2, -0.15) is 0 Å². The zero-order valence-corrected chi connectivity index (χ0v) is 17.2. The first-order chi connectivity index (χ1) is 13.5. The van der Waals surface area contributed by atoms with Gasteiger partial charge in [0.05, 0.1) is 35.5 Å². The smallest absolute Gasteiger partial charge is 0.251 e. The van der Waals surface area contributed by atoms with Gasteiger partial charge in [-0.25, -0.2) is 0 Å². The van der Waals surface area contributed by atoms with Crippen molar-refractivity contribution < 1.29 is 28.5 Å². The van der Waals surface area contributed by atoms with Crippen LogP contribution >= 0.6 is 0 Å². The van der Waals surface area contributed by atoms with Gasteiger partial charge in [-0.15, -0.1) is 0 Å². The molecule has 0 atom stereocenters. The number of methoxy groups -OCH3 is 5. The van der Waals surface area contributed by atoms with Crippen LogP contribution in [0.5, 0.6) is 28.7 Å². The number of rotatable bonds is 9. The van der Waals surface area contributed by atoms with E-state index >= 15 is 0 Å². The molecule has 2 rings (SSSR count). The molecule has 0 saturated carbocycles. The van der Waals surface area contributed by atoms with Gasteiger partial charge in [0.1, 0.15) is 0 Å². The van der Waals surface area contributed by atoms with Gasteiger partial charge in [0, 0.05) is 12.1 Å². The molecular formula is C21H27NO6. The third-order valence-corrected chi connectivity index (χ3v) is 4.45. The summed E-state index contributed by atoms with van der Waals surface area (Å²) in [6, 6.07) is 7.10. The molecule has 0 fully saturated rings. The number of carbonyl (C=O) groups is 1. The fourth-order valence-electron chi connectivity index (χ4n) is 2.92. The summed E-state index contributed by atoms with van der Waals surface area (Å²) < 4.78 is 26.5. The van der Waals surface area contributed by atoms with Crippen molar-refractivity contribution in [3.05, 3.63) is 41.0 Å². The zero-order chi connectivity index (χ0) is 20.7. The van der Waals surface area contributed by atoms with Gasteiger partial charge in [-0.05, 0) is 48.7 Å². The monoisotopic (exact) mass is 389 g/mol. The van der Waals surface area contributed by atoms with Crippen molar-refractivity contribution in [1.82, 2.24) is 5.32 Å². The Balaban J connectivity index is 2.11. The Morgan fingerprint density at radius 2 is 1.32 bits per heavy atom. The van der Waals surface area contributed by atoms with Crippen LogP contribution in [0.25, 0.3) is 0 Å². The Morgan fingerprint density at radius 3 is 1.82 bits per heavy atom. The summed E-state index contributed by atoms with van der Waals surface area (Å²) in [7, 11) is 7.75. The second-order valence-corrected chi connectivity index (χ2v) is 6.05. The Kier molecular flexibility index (Phi) is 7.37. The molecule has 152 valence electrons. The van der Waals surface area contributed by atoms with E-state index < -0.39 is 0 Å². The van der Waals surface area contributed by atoms with Gasteiger partial charge in [0.15, 0.2) is 23.0 Å². The van der Waals surface area contributed by atoms with Crippen LogP contribution in [0, 0.1) is 6.92 Å². The van der Waals surface area contributed by atoms with Gasteiger partial charge < -0.3 is 29.0 Å². The molecule has 0 radical (unpaired) electrons. The zero-order valence-electron chi connectivity index (χ0n) is 17.2. The number of benzene rings is 2. The summed E-state index contributed by atoms with van der Waals surface area (Å²) >= 11 is 0. The molecule has 7 nitrogen and oxygen atoms in total. The van der Waals surface area contributed by atoms with Crippen molar-refractivity contribution in [1.29, 1.82) is 0 Å². The summed E-state index contributed by atoms with van der Waals surface area (Å²) in [5.41, 5.74) is 2.57. The summed E-state index contributed by atoms with van der Waals surface area (Å²) in [4.78, 5) is 12.6. The van der Waals surface area contributed by atoms with Crippen molar-refractivity contribution in [2.75, 3.05) is 42.1 Å². The van der Waals surface area contributed by atoms with E-state index in [9.17, 15) is 4.79 Å². The van der Waals surface area contributed by atoms with Gasteiger partial charge in [0.2, 0.25) is 5.75 Å². The molecule has 7 heteroatoms. The molecule has 0 aliphatic heterocycles. The second kappa shape index (κ2) is 9.73. The molecule has 2 aromatic rings. The minimum absolute atomic E-state index is 0.225. The van der Waals surface area contributed by atoms with Gasteiger partial charge >= 0.3 is 0 Å². The standard InChI is InChI=1S/C21H27NO6/c1-13-9-16(24-2)17(25-3)10-14(13)7-8-22-21(23)15-11-18(26-4)20(28-6)19(12-15)27-5/h9-12H,7-8H2,1-6H3,(H,22,23). The number of hydrogen-bond donors (Lipinski definition) is 1. The summed E-state index contributed by atoms with van der Waals surface area (Å²) in [6.45, 7) is 2.46. The maximum atomic E-state index is 12.6. The molecule has 0 saturated heterocycles. The van der Waals surface area contributed by atoms with E-state index in [-0.39, 0.29) is 5.91 Å². The predicted molar refractivity (Wildman–Crippen MR) is 106 cm³/mol. The highest BCUT2D eigenvalue weighted by Gasteiger charge is 2.17. The van der Waals surface area contributed by atoms with Crippen molar-refractivity contribution in [2.45, 2.75) is 13.3 Å². The fraction of sp³-hybridized carbons (Fsp3) is 0.381. The molecule has 2 aromatic carbocycles. The lowest BCUT2D eigenvalue weighted by molar-refractivity contribution is 0.0953. The molecule has 0 heterocycles. The SMILES string of the molecule is COc1cc(C)c(CCNC(=O)c2cc(OC)c(OC)c(OC)c2)cc1OC. The molecule has 0 unspecified atom stereocenters. The van der Waals surface area contributed by atoms with E-state index in [0.29, 0.717) is 47.3 Å². The molecule has 1 N–H and O–H groups in total. The minimum atomic E-state index is -0.225. The molecule has 1 amide bonds. The number of carbonyl (C=O) groups excluding carboxylic acids is 1. The quantitative estimate of drug-likeness (QED) is 0.711. The number of aryl methyl sites for hydroxylation is 1. The van der Waals surface area contributed by atoms with E-state index in [2.05, 4.69) is 5.32 Å². The van der Waals surface area contributed by atoms with Gasteiger partial charge in [0.25, 0.3) is 5.91 Å². The van der Waals surface area contributed by atoms with Crippen molar-refractivity contribution >= 4 is 5.91 Å². The molecule has 0 aromatic heterocycles. The van der Waals surface area contributed by atoms with Crippen molar-refractivity contribution in [2.24, 2.45) is 0 Å². The normalized spacial score (nSPS) is 10.2. The summed E-state index contributed by atoms with van der Waals surface area (Å²) in [6.07, 6.45) is 0.655. The Hall–Kier alpha value is -3.09. The average Bonchev–Trinajstić information content (AvgIpc) is 2.72. The first kappa shape index (κ1) is 21.2. The first-order valence-corrected chi connectivity index (χ1v) is 8.78. The van der Waals surface area contributed by atoms with E-state index in [1.165, 1.54) is 21.3 Å². The van der Waals surface area contributed by atoms with Gasteiger partial charge in [-0.3, -0.25) is 4.79 Å². The molecule has 28 heavy (non-hydrogen) atoms. The minimum Gasteiger partial charge on any atom is -0.493 e. The Labute approximate surface area is 165 Å². The van der Waals surface area contributed by atoms with Crippen LogP contribution < -0.4 is 29.0 Å². The third kappa shape index (κ3) is 4.60. The largest absolute Gasteiger partial charge is 0.493 e. The summed E-state index contributed by atoms with van der Waals surface area (Å²) in [5.74, 6) is 2.44. The highest BCUT2D eigenvalue weighted by atomic mass is 16.5. The van der Waals surface area contributed by atoms with E-state index in [4.69, 9.17) is 23.7 Å². The maximum Gasteiger partial charge on any atom is 0.251 e. The van der Waals surface area contributed by atoms with E-state index in [0.717, 1.165) is 11.1 Å². The lowest BCUT2D eigenvalue weighted by Gasteiger charge is -2.15. The van der Waals surface area contributed by atoms with E-state index in [1.54, 1.807) is 26.4 Å². The van der Waals surface area contributed by atoms with Crippen LogP contribution in [0.15, 0.2) is 24.3 Å². The molecule has 0 spiro atoms. The first-order valence-electron chi connectivity index (χ1n) is 8.78. The maximum absolute atomic E-state index is 12.6. The third-order valence-electron chi connectivity index (χ3n) is 4.45. The number of ether oxygens (including phenoxy) is 5. The topological polar surface area (TPSA) is 75.3 Å². The highest BCUT2D eigenvalue weighted by Crippen LogP contribution is 2.38. The lowest BCUT2D eigenvalue weighted by Crippen LogP contribution is -2.26. The van der Waals surface area contributed by atoms with Gasteiger partial charge in [-0.1, -0.05) is 0 Å². The predicted octanol–water partition coefficient (Wildman–Crippen LogP) is 3.01.